The minimum atomic E-state index is -4.32. The highest BCUT2D eigenvalue weighted by Gasteiger charge is 2.59. The van der Waals surface area contributed by atoms with Crippen molar-refractivity contribution in [3.05, 3.63) is 35.4 Å². The van der Waals surface area contributed by atoms with Crippen LogP contribution in [0.3, 0.4) is 0 Å². The van der Waals surface area contributed by atoms with Crippen molar-refractivity contribution in [3.63, 3.8) is 0 Å². The van der Waals surface area contributed by atoms with Crippen LogP contribution in [0.25, 0.3) is 0 Å². The fourth-order valence-electron chi connectivity index (χ4n) is 7.12. The number of nitrogens with one attached hydrogen (secondary N) is 1. The molecular formula is C28H40F3N3O2. The van der Waals surface area contributed by atoms with Crippen molar-refractivity contribution >= 4 is 5.91 Å². The highest BCUT2D eigenvalue weighted by atomic mass is 19.4. The number of amides is 1. The van der Waals surface area contributed by atoms with Gasteiger partial charge in [0.2, 0.25) is 5.91 Å². The summed E-state index contributed by atoms with van der Waals surface area (Å²) in [6.07, 6.45) is 2.14. The number of benzene rings is 1. The van der Waals surface area contributed by atoms with Gasteiger partial charge in [0.15, 0.2) is 0 Å². The van der Waals surface area contributed by atoms with Crippen LogP contribution in [0.2, 0.25) is 0 Å². The summed E-state index contributed by atoms with van der Waals surface area (Å²) in [5.41, 5.74) is -0.134. The molecule has 4 fully saturated rings. The maximum atomic E-state index is 13.1. The fraction of sp³-hybridized carbons (Fsp3) is 0.750. The summed E-state index contributed by atoms with van der Waals surface area (Å²) < 4.78 is 45.8. The zero-order valence-electron chi connectivity index (χ0n) is 21.5. The first-order valence-electron chi connectivity index (χ1n) is 13.7. The van der Waals surface area contributed by atoms with E-state index < -0.39 is 17.5 Å². The highest BCUT2D eigenvalue weighted by Crippen LogP contribution is 2.51. The Morgan fingerprint density at radius 1 is 1.14 bits per heavy atom. The summed E-state index contributed by atoms with van der Waals surface area (Å²) in [5, 5.41) is 3.44. The molecule has 5 nitrogen and oxygen atoms in total. The summed E-state index contributed by atoms with van der Waals surface area (Å²) in [4.78, 5) is 17.6. The van der Waals surface area contributed by atoms with Crippen LogP contribution in [0.5, 0.6) is 0 Å². The summed E-state index contributed by atoms with van der Waals surface area (Å²) >= 11 is 0. The van der Waals surface area contributed by atoms with Gasteiger partial charge in [0.25, 0.3) is 0 Å². The van der Waals surface area contributed by atoms with Gasteiger partial charge >= 0.3 is 6.18 Å². The number of carbonyl (C=O) groups is 1. The first-order chi connectivity index (χ1) is 17.2. The third kappa shape index (κ3) is 5.05. The molecule has 1 spiro atoms. The van der Waals surface area contributed by atoms with Crippen LogP contribution < -0.4 is 5.32 Å². The summed E-state index contributed by atoms with van der Waals surface area (Å²) in [6, 6.07) is 6.17. The molecular weight excluding hydrogens is 467 g/mol. The molecule has 1 N–H and O–H groups in total. The molecule has 0 bridgehead atoms. The smallest absolute Gasteiger partial charge is 0.353 e. The monoisotopic (exact) mass is 507 g/mol. The van der Waals surface area contributed by atoms with Crippen LogP contribution >= 0.6 is 0 Å². The number of ether oxygens (including phenoxy) is 1. The molecule has 3 aliphatic heterocycles. The molecule has 1 aromatic carbocycles. The van der Waals surface area contributed by atoms with E-state index in [1.807, 2.05) is 0 Å². The number of nitrogens with zero attached hydrogens (tertiary/aromatic N) is 2. The highest BCUT2D eigenvalue weighted by molar-refractivity contribution is 5.78. The third-order valence-corrected chi connectivity index (χ3v) is 9.15. The zero-order valence-corrected chi connectivity index (χ0v) is 21.5. The maximum absolute atomic E-state index is 13.1. The Labute approximate surface area is 212 Å². The molecule has 5 rings (SSSR count). The van der Waals surface area contributed by atoms with E-state index in [9.17, 15) is 18.0 Å². The molecule has 1 saturated carbocycles. The zero-order chi connectivity index (χ0) is 25.5. The number of alkyl halides is 3. The van der Waals surface area contributed by atoms with Gasteiger partial charge in [-0.3, -0.25) is 9.69 Å². The lowest BCUT2D eigenvalue weighted by Crippen LogP contribution is -2.63. The molecule has 0 radical (unpaired) electrons. The molecule has 0 aromatic heterocycles. The Hall–Kier alpha value is -1.64. The molecule has 200 valence electrons. The minimum absolute atomic E-state index is 0.148. The molecule has 36 heavy (non-hydrogen) atoms. The van der Waals surface area contributed by atoms with Crippen molar-refractivity contribution in [1.82, 2.24) is 15.1 Å². The van der Waals surface area contributed by atoms with E-state index in [0.29, 0.717) is 43.4 Å². The lowest BCUT2D eigenvalue weighted by Gasteiger charge is -2.54. The van der Waals surface area contributed by atoms with E-state index in [-0.39, 0.29) is 11.9 Å². The average Bonchev–Trinajstić information content (AvgIpc) is 3.25. The molecule has 4 atom stereocenters. The van der Waals surface area contributed by atoms with Gasteiger partial charge in [-0.15, -0.1) is 0 Å². The standard InChI is InChI=1S/C28H40F3N3O2/c1-19(2)25-18-36-27-12-9-24(15-23(27)7-8-26(35)34(25)27)33(17-21-10-13-32-14-11-21)16-20-3-5-22(6-4-20)28(29,30)31/h3-6,19,21,23-25,32H,7-18H2,1-2H3/t23-,24+,25-,27-/m1/s1. The normalized spacial score (nSPS) is 31.7. The molecule has 3 saturated heterocycles. The Morgan fingerprint density at radius 3 is 2.53 bits per heavy atom. The molecule has 4 aliphatic rings. The van der Waals surface area contributed by atoms with Gasteiger partial charge in [-0.2, -0.15) is 13.2 Å². The van der Waals surface area contributed by atoms with Crippen LogP contribution in [-0.4, -0.2) is 59.8 Å². The minimum Gasteiger partial charge on any atom is -0.353 e. The first kappa shape index (κ1) is 26.0. The Balaban J connectivity index is 1.34. The van der Waals surface area contributed by atoms with Crippen LogP contribution in [0.15, 0.2) is 24.3 Å². The molecule has 1 aliphatic carbocycles. The lowest BCUT2D eigenvalue weighted by atomic mass is 9.72. The van der Waals surface area contributed by atoms with Crippen molar-refractivity contribution in [2.75, 3.05) is 26.2 Å². The van der Waals surface area contributed by atoms with Gasteiger partial charge in [0.1, 0.15) is 5.72 Å². The van der Waals surface area contributed by atoms with Gasteiger partial charge in [0.05, 0.1) is 18.2 Å². The lowest BCUT2D eigenvalue weighted by molar-refractivity contribution is -0.192. The van der Waals surface area contributed by atoms with Crippen molar-refractivity contribution in [1.29, 1.82) is 0 Å². The largest absolute Gasteiger partial charge is 0.416 e. The number of halogens is 3. The van der Waals surface area contributed by atoms with Crippen LogP contribution in [-0.2, 0) is 22.3 Å². The predicted molar refractivity (Wildman–Crippen MR) is 132 cm³/mol. The Morgan fingerprint density at radius 2 is 1.86 bits per heavy atom. The number of carbonyl (C=O) groups excluding carboxylic acids is 1. The van der Waals surface area contributed by atoms with Crippen molar-refractivity contribution in [3.8, 4) is 0 Å². The van der Waals surface area contributed by atoms with Gasteiger partial charge in [0, 0.05) is 31.5 Å². The molecule has 1 amide bonds. The summed E-state index contributed by atoms with van der Waals surface area (Å²) in [7, 11) is 0. The van der Waals surface area contributed by atoms with Crippen LogP contribution in [0, 0.1) is 17.8 Å². The second kappa shape index (κ2) is 10.3. The summed E-state index contributed by atoms with van der Waals surface area (Å²) in [6.45, 7) is 8.62. The summed E-state index contributed by atoms with van der Waals surface area (Å²) in [5.74, 6) is 1.49. The van der Waals surface area contributed by atoms with E-state index >= 15 is 0 Å². The molecule has 3 heterocycles. The van der Waals surface area contributed by atoms with Gasteiger partial charge in [-0.25, -0.2) is 0 Å². The topological polar surface area (TPSA) is 44.8 Å². The van der Waals surface area contributed by atoms with Crippen LogP contribution in [0.1, 0.15) is 69.9 Å². The van der Waals surface area contributed by atoms with E-state index in [1.54, 1.807) is 12.1 Å². The predicted octanol–water partition coefficient (Wildman–Crippen LogP) is 5.05. The van der Waals surface area contributed by atoms with Crippen LogP contribution in [0.4, 0.5) is 13.2 Å². The maximum Gasteiger partial charge on any atom is 0.416 e. The van der Waals surface area contributed by atoms with E-state index in [0.717, 1.165) is 63.7 Å². The van der Waals surface area contributed by atoms with E-state index in [2.05, 4.69) is 29.0 Å². The molecule has 0 unspecified atom stereocenters. The number of hydrogen-bond donors (Lipinski definition) is 1. The van der Waals surface area contributed by atoms with Crippen molar-refractivity contribution in [2.45, 2.75) is 89.3 Å². The van der Waals surface area contributed by atoms with E-state index in [1.165, 1.54) is 12.1 Å². The average molecular weight is 508 g/mol. The second-order valence-corrected chi connectivity index (χ2v) is 11.7. The van der Waals surface area contributed by atoms with Gasteiger partial charge < -0.3 is 15.0 Å². The molecule has 8 heteroatoms. The number of hydrogen-bond acceptors (Lipinski definition) is 4. The first-order valence-corrected chi connectivity index (χ1v) is 13.7. The number of piperidine rings is 2. The molecule has 1 aromatic rings. The number of rotatable bonds is 6. The quantitative estimate of drug-likeness (QED) is 0.586. The van der Waals surface area contributed by atoms with Gasteiger partial charge in [-0.1, -0.05) is 26.0 Å². The fourth-order valence-corrected chi connectivity index (χ4v) is 7.12. The van der Waals surface area contributed by atoms with Crippen molar-refractivity contribution < 1.29 is 22.7 Å². The van der Waals surface area contributed by atoms with Crippen molar-refractivity contribution in [2.24, 2.45) is 17.8 Å². The third-order valence-electron chi connectivity index (χ3n) is 9.15. The second-order valence-electron chi connectivity index (χ2n) is 11.7. The Bertz CT molecular complexity index is 916. The SMILES string of the molecule is CC(C)[C@H]1CO[C@]23CC[C@H](N(Cc4ccc(C(F)(F)F)cc4)CC4CCNCC4)C[C@H]2CCC(=O)N13. The van der Waals surface area contributed by atoms with Gasteiger partial charge in [-0.05, 0) is 81.1 Å². The van der Waals surface area contributed by atoms with E-state index in [4.69, 9.17) is 4.74 Å². The Kier molecular flexibility index (Phi) is 7.40.